The number of hydrogen-bond donors (Lipinski definition) is 1. The second kappa shape index (κ2) is 12.3. The molecule has 0 fully saturated rings. The van der Waals surface area contributed by atoms with E-state index in [1.165, 1.54) is 0 Å². The highest BCUT2D eigenvalue weighted by molar-refractivity contribution is 8.00. The van der Waals surface area contributed by atoms with Crippen molar-refractivity contribution in [2.45, 2.75) is 39.4 Å². The van der Waals surface area contributed by atoms with Crippen LogP contribution >= 0.6 is 23.7 Å². The highest BCUT2D eigenvalue weighted by Gasteiger charge is 2.09. The van der Waals surface area contributed by atoms with Crippen molar-refractivity contribution in [2.75, 3.05) is 50.9 Å². The zero-order valence-corrected chi connectivity index (χ0v) is 15.0. The molecule has 0 aliphatic carbocycles. The molecule has 0 heterocycles. The minimum Gasteiger partial charge on any atom is -0.380 e. The fourth-order valence-corrected chi connectivity index (χ4v) is 3.10. The molecule has 0 saturated carbocycles. The van der Waals surface area contributed by atoms with Crippen molar-refractivity contribution in [3.63, 3.8) is 0 Å². The van der Waals surface area contributed by atoms with Gasteiger partial charge in [0, 0.05) is 35.9 Å². The molecule has 116 valence electrons. The topological polar surface area (TPSA) is 24.5 Å². The lowest BCUT2D eigenvalue weighted by molar-refractivity contribution is 0.166. The Morgan fingerprint density at radius 1 is 1.11 bits per heavy atom. The summed E-state index contributed by atoms with van der Waals surface area (Å²) in [5.41, 5.74) is 0. The van der Waals surface area contributed by atoms with E-state index in [-0.39, 0.29) is 0 Å². The van der Waals surface area contributed by atoms with Gasteiger partial charge in [0.2, 0.25) is 0 Å². The largest absolute Gasteiger partial charge is 0.380 e. The summed E-state index contributed by atoms with van der Waals surface area (Å²) in [7, 11) is 0. The van der Waals surface area contributed by atoms with E-state index in [1.54, 1.807) is 0 Å². The number of thioether (sulfide) groups is 1. The third kappa shape index (κ3) is 14.8. The van der Waals surface area contributed by atoms with Gasteiger partial charge in [-0.25, -0.2) is 4.31 Å². The summed E-state index contributed by atoms with van der Waals surface area (Å²) >= 11 is 3.86. The maximum atomic E-state index is 5.67. The molecule has 19 heavy (non-hydrogen) atoms. The number of likely N-dealkylation sites (N-methyl/N-ethyl adjacent to an activating group) is 2. The molecule has 0 aliphatic heterocycles. The zero-order chi connectivity index (χ0) is 14.6. The van der Waals surface area contributed by atoms with Gasteiger partial charge in [-0.1, -0.05) is 46.6 Å². The Hall–Kier alpha value is 0.580. The lowest BCUT2D eigenvalue weighted by Crippen LogP contribution is -2.28. The molecule has 0 rings (SSSR count). The van der Waals surface area contributed by atoms with E-state index >= 15 is 0 Å². The molecule has 0 saturated heterocycles. The summed E-state index contributed by atoms with van der Waals surface area (Å²) in [5.74, 6) is 2.15. The lowest BCUT2D eigenvalue weighted by Gasteiger charge is -2.19. The zero-order valence-electron chi connectivity index (χ0n) is 13.3. The maximum absolute atomic E-state index is 5.67. The van der Waals surface area contributed by atoms with Gasteiger partial charge in [-0.05, 0) is 6.54 Å². The molecule has 0 amide bonds. The smallest absolute Gasteiger partial charge is 0.0569 e. The van der Waals surface area contributed by atoms with Crippen molar-refractivity contribution in [2.24, 2.45) is 0 Å². The SMILES string of the molecule is CCNCCN(CC)SCCOCCSC(C)(C)C. The van der Waals surface area contributed by atoms with E-state index in [4.69, 9.17) is 4.74 Å². The first-order chi connectivity index (χ1) is 8.99. The van der Waals surface area contributed by atoms with Crippen LogP contribution in [0.1, 0.15) is 34.6 Å². The Bertz CT molecular complexity index is 198. The lowest BCUT2D eigenvalue weighted by atomic mass is 10.3. The Morgan fingerprint density at radius 2 is 1.79 bits per heavy atom. The standard InChI is InChI=1S/C14H32N2OS2/c1-6-15-8-9-16(7-2)19-13-11-17-10-12-18-14(3,4)5/h15H,6-13H2,1-5H3. The van der Waals surface area contributed by atoms with Gasteiger partial charge in [0.1, 0.15) is 0 Å². The van der Waals surface area contributed by atoms with Crippen LogP contribution in [-0.4, -0.2) is 60.0 Å². The number of hydrogen-bond acceptors (Lipinski definition) is 5. The molecule has 0 unspecified atom stereocenters. The van der Waals surface area contributed by atoms with Gasteiger partial charge in [-0.15, -0.1) is 0 Å². The van der Waals surface area contributed by atoms with Crippen LogP contribution in [-0.2, 0) is 4.74 Å². The molecule has 0 bridgehead atoms. The predicted octanol–water partition coefficient (Wildman–Crippen LogP) is 3.11. The Balaban J connectivity index is 3.36. The van der Waals surface area contributed by atoms with Crippen LogP contribution in [0, 0.1) is 0 Å². The molecular weight excluding hydrogens is 276 g/mol. The van der Waals surface area contributed by atoms with Crippen LogP contribution in [0.4, 0.5) is 0 Å². The molecule has 0 aliphatic rings. The minimum atomic E-state index is 0.351. The molecule has 0 radical (unpaired) electrons. The monoisotopic (exact) mass is 308 g/mol. The summed E-state index contributed by atoms with van der Waals surface area (Å²) in [6.07, 6.45) is 0. The van der Waals surface area contributed by atoms with Crippen LogP contribution in [0.5, 0.6) is 0 Å². The second-order valence-electron chi connectivity index (χ2n) is 5.28. The Labute approximate surface area is 128 Å². The fourth-order valence-electron chi connectivity index (χ4n) is 1.43. The summed E-state index contributed by atoms with van der Waals surface area (Å²) in [6.45, 7) is 17.1. The van der Waals surface area contributed by atoms with Crippen LogP contribution in [0.15, 0.2) is 0 Å². The summed E-state index contributed by atoms with van der Waals surface area (Å²) in [5, 5.41) is 3.36. The van der Waals surface area contributed by atoms with E-state index in [0.29, 0.717) is 4.75 Å². The quantitative estimate of drug-likeness (QED) is 0.441. The van der Waals surface area contributed by atoms with E-state index in [9.17, 15) is 0 Å². The summed E-state index contributed by atoms with van der Waals surface area (Å²) in [6, 6.07) is 0. The van der Waals surface area contributed by atoms with Gasteiger partial charge in [0.15, 0.2) is 0 Å². The van der Waals surface area contributed by atoms with Gasteiger partial charge in [0.25, 0.3) is 0 Å². The molecule has 5 heteroatoms. The number of ether oxygens (including phenoxy) is 1. The number of rotatable bonds is 12. The average Bonchev–Trinajstić information content (AvgIpc) is 2.34. The second-order valence-corrected chi connectivity index (χ2v) is 8.39. The average molecular weight is 309 g/mol. The van der Waals surface area contributed by atoms with Crippen molar-refractivity contribution in [1.82, 2.24) is 9.62 Å². The van der Waals surface area contributed by atoms with Crippen molar-refractivity contribution in [3.8, 4) is 0 Å². The van der Waals surface area contributed by atoms with Crippen LogP contribution in [0.3, 0.4) is 0 Å². The Morgan fingerprint density at radius 3 is 2.37 bits per heavy atom. The van der Waals surface area contributed by atoms with Gasteiger partial charge in [-0.3, -0.25) is 0 Å². The third-order valence-corrected chi connectivity index (χ3v) is 4.80. The minimum absolute atomic E-state index is 0.351. The number of nitrogens with one attached hydrogen (secondary N) is 1. The van der Waals surface area contributed by atoms with Gasteiger partial charge in [-0.2, -0.15) is 11.8 Å². The molecule has 0 aromatic rings. The normalized spacial score (nSPS) is 12.3. The predicted molar refractivity (Wildman–Crippen MR) is 91.3 cm³/mol. The van der Waals surface area contributed by atoms with Crippen molar-refractivity contribution >= 4 is 23.7 Å². The first kappa shape index (κ1) is 19.6. The molecule has 0 aromatic heterocycles. The van der Waals surface area contributed by atoms with Crippen molar-refractivity contribution in [1.29, 1.82) is 0 Å². The maximum Gasteiger partial charge on any atom is 0.0569 e. The van der Waals surface area contributed by atoms with E-state index in [1.807, 2.05) is 23.7 Å². The molecule has 3 nitrogen and oxygen atoms in total. The van der Waals surface area contributed by atoms with E-state index < -0.39 is 0 Å². The molecule has 0 aromatic carbocycles. The van der Waals surface area contributed by atoms with Crippen LogP contribution in [0.25, 0.3) is 0 Å². The van der Waals surface area contributed by atoms with Gasteiger partial charge < -0.3 is 10.1 Å². The molecule has 0 spiro atoms. The van der Waals surface area contributed by atoms with Crippen molar-refractivity contribution in [3.05, 3.63) is 0 Å². The summed E-state index contributed by atoms with van der Waals surface area (Å²) in [4.78, 5) is 0. The van der Waals surface area contributed by atoms with Gasteiger partial charge >= 0.3 is 0 Å². The first-order valence-corrected chi connectivity index (χ1v) is 9.22. The Kier molecular flexibility index (Phi) is 12.7. The van der Waals surface area contributed by atoms with Crippen LogP contribution < -0.4 is 5.32 Å². The fraction of sp³-hybridized carbons (Fsp3) is 1.00. The van der Waals surface area contributed by atoms with Crippen LogP contribution in [0.2, 0.25) is 0 Å². The first-order valence-electron chi connectivity index (χ1n) is 7.30. The number of nitrogens with zero attached hydrogens (tertiary/aromatic N) is 1. The highest BCUT2D eigenvalue weighted by atomic mass is 32.2. The van der Waals surface area contributed by atoms with E-state index in [2.05, 4.69) is 44.2 Å². The molecule has 1 N–H and O–H groups in total. The summed E-state index contributed by atoms with van der Waals surface area (Å²) < 4.78 is 8.41. The van der Waals surface area contributed by atoms with Crippen molar-refractivity contribution < 1.29 is 4.74 Å². The molecular formula is C14H32N2OS2. The third-order valence-electron chi connectivity index (χ3n) is 2.40. The molecule has 0 atom stereocenters. The van der Waals surface area contributed by atoms with E-state index in [0.717, 1.165) is 50.9 Å². The highest BCUT2D eigenvalue weighted by Crippen LogP contribution is 2.22. The van der Waals surface area contributed by atoms with Gasteiger partial charge in [0.05, 0.1) is 13.2 Å².